The highest BCUT2D eigenvalue weighted by Gasteiger charge is 2.24. The first-order valence-electron chi connectivity index (χ1n) is 6.58. The van der Waals surface area contributed by atoms with Crippen molar-refractivity contribution in [3.8, 4) is 11.3 Å². The van der Waals surface area contributed by atoms with E-state index in [0.29, 0.717) is 0 Å². The van der Waals surface area contributed by atoms with Crippen molar-refractivity contribution in [2.24, 2.45) is 0 Å². The lowest BCUT2D eigenvalue weighted by molar-refractivity contribution is 1.25. The monoisotopic (exact) mass is 279 g/mol. The van der Waals surface area contributed by atoms with E-state index < -0.39 is 0 Å². The Kier molecular flexibility index (Phi) is 2.57. The number of rotatable bonds is 2. The Balaban J connectivity index is 1.71. The third kappa shape index (κ3) is 1.80. The molecule has 20 heavy (non-hydrogen) atoms. The molecule has 0 spiro atoms. The summed E-state index contributed by atoms with van der Waals surface area (Å²) in [7, 11) is 0. The molecule has 4 heteroatoms. The van der Waals surface area contributed by atoms with Crippen LogP contribution in [0.3, 0.4) is 0 Å². The van der Waals surface area contributed by atoms with Gasteiger partial charge in [0.25, 0.3) is 0 Å². The summed E-state index contributed by atoms with van der Waals surface area (Å²) in [4.78, 5) is 10.3. The maximum atomic E-state index is 4.74. The van der Waals surface area contributed by atoms with Crippen LogP contribution in [0, 0.1) is 6.92 Å². The summed E-state index contributed by atoms with van der Waals surface area (Å²) in [5.74, 6) is 0.837. The van der Waals surface area contributed by atoms with Gasteiger partial charge in [-0.15, -0.1) is 11.3 Å². The first-order chi connectivity index (χ1) is 9.81. The second-order valence-electron chi connectivity index (χ2n) is 4.91. The quantitative estimate of drug-likeness (QED) is 0.598. The van der Waals surface area contributed by atoms with Crippen LogP contribution in [0.1, 0.15) is 16.0 Å². The number of hydrogen-bond acceptors (Lipinski definition) is 4. The molecule has 0 saturated heterocycles. The average Bonchev–Trinajstić information content (AvgIpc) is 2.99. The second-order valence-corrected chi connectivity index (χ2v) is 5.99. The molecule has 1 aliphatic rings. The van der Waals surface area contributed by atoms with E-state index in [4.69, 9.17) is 4.98 Å². The second kappa shape index (κ2) is 4.42. The Morgan fingerprint density at radius 3 is 2.95 bits per heavy atom. The molecular formula is C16H13N3S. The van der Waals surface area contributed by atoms with Gasteiger partial charge in [0.1, 0.15) is 5.82 Å². The highest BCUT2D eigenvalue weighted by atomic mass is 32.1. The summed E-state index contributed by atoms with van der Waals surface area (Å²) in [6.45, 7) is 2.17. The molecule has 1 N–H and O–H groups in total. The molecule has 1 aliphatic carbocycles. The predicted molar refractivity (Wildman–Crippen MR) is 82.6 cm³/mol. The average molecular weight is 279 g/mol. The zero-order chi connectivity index (χ0) is 13.5. The van der Waals surface area contributed by atoms with Crippen LogP contribution >= 0.6 is 11.3 Å². The minimum absolute atomic E-state index is 0.837. The van der Waals surface area contributed by atoms with E-state index in [1.165, 1.54) is 21.6 Å². The summed E-state index contributed by atoms with van der Waals surface area (Å²) >= 11 is 1.72. The van der Waals surface area contributed by atoms with Gasteiger partial charge in [-0.25, -0.2) is 9.97 Å². The fourth-order valence-electron chi connectivity index (χ4n) is 2.60. The first kappa shape index (κ1) is 11.6. The number of nitrogens with one attached hydrogen (secondary N) is 1. The van der Waals surface area contributed by atoms with Crippen molar-refractivity contribution in [1.82, 2.24) is 9.97 Å². The molecule has 2 heterocycles. The van der Waals surface area contributed by atoms with Gasteiger partial charge in [-0.2, -0.15) is 0 Å². The van der Waals surface area contributed by atoms with Crippen molar-refractivity contribution < 1.29 is 0 Å². The minimum Gasteiger partial charge on any atom is -0.316 e. The molecule has 0 saturated carbocycles. The van der Waals surface area contributed by atoms with Gasteiger partial charge in [0, 0.05) is 23.1 Å². The maximum absolute atomic E-state index is 4.74. The van der Waals surface area contributed by atoms with E-state index in [9.17, 15) is 0 Å². The molecule has 0 fully saturated rings. The summed E-state index contributed by atoms with van der Waals surface area (Å²) in [5, 5.41) is 4.19. The lowest BCUT2D eigenvalue weighted by atomic mass is 10.0. The predicted octanol–water partition coefficient (Wildman–Crippen LogP) is 4.16. The molecule has 0 aliphatic heterocycles. The molecule has 0 amide bonds. The van der Waals surface area contributed by atoms with Gasteiger partial charge in [-0.3, -0.25) is 0 Å². The fourth-order valence-corrected chi connectivity index (χ4v) is 3.60. The largest absolute Gasteiger partial charge is 0.316 e. The highest BCUT2D eigenvalue weighted by molar-refractivity contribution is 7.16. The van der Waals surface area contributed by atoms with E-state index >= 15 is 0 Å². The number of benzene rings is 1. The molecule has 1 aromatic carbocycles. The summed E-state index contributed by atoms with van der Waals surface area (Å²) in [6.07, 6.45) is 2.78. The third-order valence-corrected chi connectivity index (χ3v) is 4.57. The van der Waals surface area contributed by atoms with Crippen LogP contribution in [-0.4, -0.2) is 9.97 Å². The number of aromatic nitrogens is 2. The molecule has 98 valence electrons. The number of aryl methyl sites for hydroxylation is 1. The van der Waals surface area contributed by atoms with Crippen LogP contribution in [0.2, 0.25) is 0 Å². The van der Waals surface area contributed by atoms with Gasteiger partial charge in [0.15, 0.2) is 5.13 Å². The van der Waals surface area contributed by atoms with Crippen molar-refractivity contribution >= 4 is 22.3 Å². The molecule has 3 nitrogen and oxygen atoms in total. The minimum atomic E-state index is 0.837. The zero-order valence-corrected chi connectivity index (χ0v) is 11.9. The Hall–Kier alpha value is -2.20. The van der Waals surface area contributed by atoms with Gasteiger partial charge < -0.3 is 5.32 Å². The van der Waals surface area contributed by atoms with Crippen molar-refractivity contribution in [2.45, 2.75) is 13.3 Å². The van der Waals surface area contributed by atoms with Gasteiger partial charge in [-0.1, -0.05) is 24.3 Å². The summed E-state index contributed by atoms with van der Waals surface area (Å²) in [5.41, 5.74) is 5.19. The number of pyridine rings is 1. The first-order valence-corrected chi connectivity index (χ1v) is 7.39. The van der Waals surface area contributed by atoms with Gasteiger partial charge in [0.05, 0.1) is 5.69 Å². The lowest BCUT2D eigenvalue weighted by Crippen LogP contribution is -1.92. The molecule has 0 radical (unpaired) electrons. The van der Waals surface area contributed by atoms with E-state index in [1.54, 1.807) is 17.5 Å². The Labute approximate surface area is 121 Å². The normalized spacial score (nSPS) is 12.1. The molecule has 0 unspecified atom stereocenters. The number of thiazole rings is 1. The number of anilines is 2. The smallest absolute Gasteiger partial charge is 0.189 e. The molecule has 3 aromatic rings. The van der Waals surface area contributed by atoms with Crippen LogP contribution in [0.5, 0.6) is 0 Å². The summed E-state index contributed by atoms with van der Waals surface area (Å²) < 4.78 is 0. The van der Waals surface area contributed by atoms with Crippen LogP contribution < -0.4 is 5.32 Å². The Bertz CT molecular complexity index is 778. The number of nitrogens with zero attached hydrogens (tertiary/aromatic N) is 2. The lowest BCUT2D eigenvalue weighted by Gasteiger charge is -2.04. The molecule has 4 rings (SSSR count). The van der Waals surface area contributed by atoms with E-state index in [0.717, 1.165) is 23.1 Å². The molecule has 2 aromatic heterocycles. The van der Waals surface area contributed by atoms with Crippen molar-refractivity contribution in [3.05, 3.63) is 58.6 Å². The van der Waals surface area contributed by atoms with Crippen molar-refractivity contribution in [3.63, 3.8) is 0 Å². The van der Waals surface area contributed by atoms with Gasteiger partial charge in [0.2, 0.25) is 0 Å². The van der Waals surface area contributed by atoms with Crippen LogP contribution in [0.15, 0.2) is 42.6 Å². The Morgan fingerprint density at radius 2 is 2.10 bits per heavy atom. The van der Waals surface area contributed by atoms with Gasteiger partial charge >= 0.3 is 0 Å². The molecule has 0 bridgehead atoms. The Morgan fingerprint density at radius 1 is 1.15 bits per heavy atom. The van der Waals surface area contributed by atoms with Gasteiger partial charge in [-0.05, 0) is 30.2 Å². The van der Waals surface area contributed by atoms with Crippen LogP contribution in [0.25, 0.3) is 11.3 Å². The standard InChI is InChI=1S/C16H13N3S/c1-10-5-4-6-11-12(10)9-13-15(11)19-16(20-13)18-14-7-2-3-8-17-14/h2-8H,9H2,1H3,(H,17,18,19). The molecular weight excluding hydrogens is 266 g/mol. The summed E-state index contributed by atoms with van der Waals surface area (Å²) in [6, 6.07) is 12.3. The van der Waals surface area contributed by atoms with Crippen molar-refractivity contribution in [2.75, 3.05) is 5.32 Å². The maximum Gasteiger partial charge on any atom is 0.189 e. The third-order valence-electron chi connectivity index (χ3n) is 3.60. The van der Waals surface area contributed by atoms with E-state index in [1.807, 2.05) is 18.2 Å². The zero-order valence-electron chi connectivity index (χ0n) is 11.1. The topological polar surface area (TPSA) is 37.8 Å². The van der Waals surface area contributed by atoms with E-state index in [2.05, 4.69) is 35.4 Å². The fraction of sp³-hybridized carbons (Fsp3) is 0.125. The van der Waals surface area contributed by atoms with Crippen molar-refractivity contribution in [1.29, 1.82) is 0 Å². The highest BCUT2D eigenvalue weighted by Crippen LogP contribution is 2.42. The SMILES string of the molecule is Cc1cccc2c1Cc1sc(Nc3ccccn3)nc1-2. The number of fused-ring (bicyclic) bond motifs is 3. The van der Waals surface area contributed by atoms with E-state index in [-0.39, 0.29) is 0 Å². The van der Waals surface area contributed by atoms with Crippen LogP contribution in [-0.2, 0) is 6.42 Å². The number of hydrogen-bond donors (Lipinski definition) is 1. The van der Waals surface area contributed by atoms with Crippen LogP contribution in [0.4, 0.5) is 10.9 Å². The molecule has 0 atom stereocenters.